The van der Waals surface area contributed by atoms with Gasteiger partial charge in [0.1, 0.15) is 11.4 Å². The number of carbonyl (C=O) groups excluding carboxylic acids is 1. The Morgan fingerprint density at radius 1 is 1.22 bits per heavy atom. The van der Waals surface area contributed by atoms with Crippen molar-refractivity contribution in [3.05, 3.63) is 56.5 Å². The highest BCUT2D eigenvalue weighted by molar-refractivity contribution is 5.95. The lowest BCUT2D eigenvalue weighted by atomic mass is 9.99. The molecule has 0 saturated carbocycles. The Morgan fingerprint density at radius 3 is 2.78 bits per heavy atom. The van der Waals surface area contributed by atoms with Crippen LogP contribution in [0.25, 0.3) is 0 Å². The zero-order valence-electron chi connectivity index (χ0n) is 18.8. The molecule has 1 aliphatic heterocycles. The van der Waals surface area contributed by atoms with Crippen molar-refractivity contribution in [3.63, 3.8) is 0 Å². The molecule has 7 nitrogen and oxygen atoms in total. The summed E-state index contributed by atoms with van der Waals surface area (Å²) in [7, 11) is 0. The second-order valence-corrected chi connectivity index (χ2v) is 8.55. The molecule has 0 bridgehead atoms. The van der Waals surface area contributed by atoms with Gasteiger partial charge in [-0.3, -0.25) is 9.59 Å². The maximum atomic E-state index is 13.0. The van der Waals surface area contributed by atoms with Crippen molar-refractivity contribution in [3.8, 4) is 0 Å². The quantitative estimate of drug-likeness (QED) is 0.661. The molecule has 176 valence electrons. The molecule has 2 aromatic rings. The van der Waals surface area contributed by atoms with Crippen molar-refractivity contribution >= 4 is 30.7 Å². The normalized spacial score (nSPS) is 17.1. The minimum absolute atomic E-state index is 0. The Bertz CT molecular complexity index is 1000. The van der Waals surface area contributed by atoms with E-state index in [4.69, 9.17) is 0 Å². The van der Waals surface area contributed by atoms with Gasteiger partial charge >= 0.3 is 0 Å². The van der Waals surface area contributed by atoms with Gasteiger partial charge in [-0.05, 0) is 82.2 Å². The van der Waals surface area contributed by atoms with Crippen molar-refractivity contribution in [1.29, 1.82) is 0 Å². The molecule has 4 rings (SSSR count). The van der Waals surface area contributed by atoms with Crippen molar-refractivity contribution in [2.45, 2.75) is 58.9 Å². The Labute approximate surface area is 201 Å². The van der Waals surface area contributed by atoms with Gasteiger partial charge < -0.3 is 15.2 Å². The topological polar surface area (TPSA) is 88.9 Å². The third-order valence-electron chi connectivity index (χ3n) is 6.27. The SMILES string of the molecule is Cc1ccn(CC2CCCNC2)c(=O)c1C(=O)NCCc1nc(C)c2c(n1)CCC2.Cl.Cl. The van der Waals surface area contributed by atoms with E-state index >= 15 is 0 Å². The van der Waals surface area contributed by atoms with E-state index in [0.717, 1.165) is 62.4 Å². The lowest BCUT2D eigenvalue weighted by molar-refractivity contribution is 0.0951. The Morgan fingerprint density at radius 2 is 2.03 bits per heavy atom. The van der Waals surface area contributed by atoms with Gasteiger partial charge in [0.05, 0.1) is 0 Å². The van der Waals surface area contributed by atoms with Gasteiger partial charge in [0.2, 0.25) is 0 Å². The standard InChI is InChI=1S/C23H31N5O2.2ClH/c1-15-9-12-28(14-17-5-4-10-24-13-17)23(30)21(15)22(29)25-11-8-20-26-16(2)18-6-3-7-19(18)27-20;;/h9,12,17,24H,3-8,10-11,13-14H2,1-2H3,(H,25,29);2*1H. The molecule has 32 heavy (non-hydrogen) atoms. The summed E-state index contributed by atoms with van der Waals surface area (Å²) in [6.07, 6.45) is 7.82. The molecule has 1 atom stereocenters. The Kier molecular flexibility index (Phi) is 9.67. The fraction of sp³-hybridized carbons (Fsp3) is 0.565. The van der Waals surface area contributed by atoms with Crippen molar-refractivity contribution in [2.24, 2.45) is 5.92 Å². The summed E-state index contributed by atoms with van der Waals surface area (Å²) in [5.74, 6) is 0.877. The molecule has 0 aromatic carbocycles. The largest absolute Gasteiger partial charge is 0.351 e. The maximum absolute atomic E-state index is 13.0. The summed E-state index contributed by atoms with van der Waals surface area (Å²) in [5.41, 5.74) is 4.24. The second kappa shape index (κ2) is 11.8. The van der Waals surface area contributed by atoms with Crippen LogP contribution >= 0.6 is 24.8 Å². The van der Waals surface area contributed by atoms with Crippen molar-refractivity contribution < 1.29 is 4.79 Å². The van der Waals surface area contributed by atoms with E-state index in [-0.39, 0.29) is 41.8 Å². The molecule has 2 N–H and O–H groups in total. The van der Waals surface area contributed by atoms with Crippen LogP contribution in [0.3, 0.4) is 0 Å². The number of nitrogens with one attached hydrogen (secondary N) is 2. The third kappa shape index (κ3) is 5.88. The Hall–Kier alpha value is -1.96. The van der Waals surface area contributed by atoms with Gasteiger partial charge in [0.15, 0.2) is 0 Å². The van der Waals surface area contributed by atoms with Gasteiger partial charge in [0, 0.05) is 37.1 Å². The first-order chi connectivity index (χ1) is 14.5. The fourth-order valence-corrected chi connectivity index (χ4v) is 4.61. The highest BCUT2D eigenvalue weighted by atomic mass is 35.5. The number of hydrogen-bond donors (Lipinski definition) is 2. The zero-order chi connectivity index (χ0) is 21.1. The second-order valence-electron chi connectivity index (χ2n) is 8.55. The molecule has 2 aliphatic rings. The molecule has 0 radical (unpaired) electrons. The maximum Gasteiger partial charge on any atom is 0.263 e. The van der Waals surface area contributed by atoms with E-state index in [1.54, 1.807) is 4.57 Å². The highest BCUT2D eigenvalue weighted by Crippen LogP contribution is 2.22. The smallest absolute Gasteiger partial charge is 0.263 e. The number of carbonyl (C=O) groups is 1. The number of fused-ring (bicyclic) bond motifs is 1. The van der Waals surface area contributed by atoms with Gasteiger partial charge in [0.25, 0.3) is 11.5 Å². The number of pyridine rings is 1. The number of piperidine rings is 1. The molecule has 0 spiro atoms. The molecular formula is C23H33Cl2N5O2. The van der Waals surface area contributed by atoms with Crippen molar-refractivity contribution in [1.82, 2.24) is 25.2 Å². The van der Waals surface area contributed by atoms with Gasteiger partial charge in [-0.25, -0.2) is 9.97 Å². The van der Waals surface area contributed by atoms with E-state index in [9.17, 15) is 9.59 Å². The van der Waals surface area contributed by atoms with Crippen LogP contribution in [0.5, 0.6) is 0 Å². The van der Waals surface area contributed by atoms with Crippen LogP contribution in [-0.4, -0.2) is 40.1 Å². The first-order valence-electron chi connectivity index (χ1n) is 11.1. The zero-order valence-corrected chi connectivity index (χ0v) is 20.4. The molecule has 1 aliphatic carbocycles. The van der Waals surface area contributed by atoms with Crippen LogP contribution in [0.2, 0.25) is 0 Å². The summed E-state index contributed by atoms with van der Waals surface area (Å²) in [4.78, 5) is 35.0. The number of aryl methyl sites for hydroxylation is 3. The molecule has 3 heterocycles. The predicted octanol–water partition coefficient (Wildman–Crippen LogP) is 2.56. The molecule has 9 heteroatoms. The minimum Gasteiger partial charge on any atom is -0.351 e. The van der Waals surface area contributed by atoms with Crippen LogP contribution in [0.1, 0.15) is 58.0 Å². The average Bonchev–Trinajstić information content (AvgIpc) is 3.20. The summed E-state index contributed by atoms with van der Waals surface area (Å²) in [6, 6.07) is 1.86. The Balaban J connectivity index is 0.00000181. The highest BCUT2D eigenvalue weighted by Gasteiger charge is 2.20. The summed E-state index contributed by atoms with van der Waals surface area (Å²) in [5, 5.41) is 6.28. The lowest BCUT2D eigenvalue weighted by Gasteiger charge is -2.23. The molecule has 2 aromatic heterocycles. The molecular weight excluding hydrogens is 449 g/mol. The van der Waals surface area contributed by atoms with E-state index in [1.807, 2.05) is 26.1 Å². The van der Waals surface area contributed by atoms with Crippen LogP contribution in [0.4, 0.5) is 0 Å². The van der Waals surface area contributed by atoms with E-state index in [2.05, 4.69) is 20.6 Å². The summed E-state index contributed by atoms with van der Waals surface area (Å²) < 4.78 is 1.69. The van der Waals surface area contributed by atoms with Crippen LogP contribution in [-0.2, 0) is 25.8 Å². The van der Waals surface area contributed by atoms with Gasteiger partial charge in [-0.15, -0.1) is 24.8 Å². The van der Waals surface area contributed by atoms with Crippen LogP contribution in [0, 0.1) is 19.8 Å². The average molecular weight is 482 g/mol. The number of halogens is 2. The third-order valence-corrected chi connectivity index (χ3v) is 6.27. The first kappa shape index (κ1) is 26.3. The summed E-state index contributed by atoms with van der Waals surface area (Å²) in [6.45, 7) is 6.87. The number of hydrogen-bond acceptors (Lipinski definition) is 5. The van der Waals surface area contributed by atoms with Crippen molar-refractivity contribution in [2.75, 3.05) is 19.6 Å². The van der Waals surface area contributed by atoms with Gasteiger partial charge in [-0.2, -0.15) is 0 Å². The fourth-order valence-electron chi connectivity index (χ4n) is 4.61. The van der Waals surface area contributed by atoms with Gasteiger partial charge in [-0.1, -0.05) is 0 Å². The number of amides is 1. The van der Waals surface area contributed by atoms with Crippen LogP contribution < -0.4 is 16.2 Å². The summed E-state index contributed by atoms with van der Waals surface area (Å²) >= 11 is 0. The molecule has 1 saturated heterocycles. The van der Waals surface area contributed by atoms with E-state index in [0.29, 0.717) is 31.0 Å². The number of aromatic nitrogens is 3. The monoisotopic (exact) mass is 481 g/mol. The van der Waals surface area contributed by atoms with E-state index in [1.165, 1.54) is 5.56 Å². The first-order valence-corrected chi connectivity index (χ1v) is 11.1. The predicted molar refractivity (Wildman–Crippen MR) is 130 cm³/mol. The number of nitrogens with zero attached hydrogens (tertiary/aromatic N) is 3. The lowest BCUT2D eigenvalue weighted by Crippen LogP contribution is -2.38. The molecule has 1 unspecified atom stereocenters. The van der Waals surface area contributed by atoms with E-state index < -0.39 is 0 Å². The minimum atomic E-state index is -0.313. The number of rotatable bonds is 6. The molecule has 1 amide bonds. The van der Waals surface area contributed by atoms with Crippen LogP contribution in [0.15, 0.2) is 17.1 Å². The molecule has 1 fully saturated rings.